The molecule has 1 aromatic rings. The molecule has 0 saturated carbocycles. The summed E-state index contributed by atoms with van der Waals surface area (Å²) in [6, 6.07) is 7.26. The highest BCUT2D eigenvalue weighted by atomic mass is 19.3. The Morgan fingerprint density at radius 3 is 2.64 bits per heavy atom. The molecule has 0 heterocycles. The molecule has 2 heteroatoms. The van der Waals surface area contributed by atoms with Crippen molar-refractivity contribution in [2.75, 3.05) is 0 Å². The quantitative estimate of drug-likeness (QED) is 0.580. The first-order valence-corrected chi connectivity index (χ1v) is 4.49. The van der Waals surface area contributed by atoms with Crippen LogP contribution in [0, 0.1) is 0 Å². The normalized spacial score (nSPS) is 14.8. The summed E-state index contributed by atoms with van der Waals surface area (Å²) < 4.78 is 25.2. The highest BCUT2D eigenvalue weighted by molar-refractivity contribution is 5.81. The van der Waals surface area contributed by atoms with Crippen molar-refractivity contribution in [1.29, 1.82) is 0 Å². The Labute approximate surface area is 81.6 Å². The van der Waals surface area contributed by atoms with Crippen LogP contribution in [0.2, 0.25) is 0 Å². The minimum Gasteiger partial charge on any atom is -0.173 e. The van der Waals surface area contributed by atoms with E-state index in [1.54, 1.807) is 12.1 Å². The molecule has 1 aliphatic carbocycles. The molecule has 0 saturated heterocycles. The number of benzene rings is 1. The lowest BCUT2D eigenvalue weighted by molar-refractivity contribution is 0.423. The number of fused-ring (bicyclic) bond motifs is 1. The van der Waals surface area contributed by atoms with Gasteiger partial charge in [-0.3, -0.25) is 0 Å². The molecular formula is C12H10F2. The number of hydrogen-bond donors (Lipinski definition) is 0. The van der Waals surface area contributed by atoms with Gasteiger partial charge in [0.25, 0.3) is 6.08 Å². The molecular weight excluding hydrogens is 182 g/mol. The maximum absolute atomic E-state index is 12.6. The highest BCUT2D eigenvalue weighted by Crippen LogP contribution is 2.35. The molecule has 0 radical (unpaired) electrons. The average Bonchev–Trinajstić information content (AvgIpc) is 2.16. The Morgan fingerprint density at radius 2 is 1.93 bits per heavy atom. The number of allylic oxidation sites excluding steroid dienone is 2. The molecule has 72 valence electrons. The van der Waals surface area contributed by atoms with Crippen molar-refractivity contribution in [2.24, 2.45) is 0 Å². The Morgan fingerprint density at radius 1 is 1.21 bits per heavy atom. The highest BCUT2D eigenvalue weighted by Gasteiger charge is 2.16. The van der Waals surface area contributed by atoms with Crippen molar-refractivity contribution in [1.82, 2.24) is 0 Å². The Kier molecular flexibility index (Phi) is 2.20. The van der Waals surface area contributed by atoms with Crippen molar-refractivity contribution in [3.8, 4) is 0 Å². The van der Waals surface area contributed by atoms with E-state index in [-0.39, 0.29) is 5.57 Å². The van der Waals surface area contributed by atoms with Gasteiger partial charge in [0.05, 0.1) is 0 Å². The van der Waals surface area contributed by atoms with E-state index in [4.69, 9.17) is 0 Å². The monoisotopic (exact) mass is 192 g/mol. The molecule has 0 unspecified atom stereocenters. The SMILES string of the molecule is CC1=Cc2ccccc2C(=C(F)F)C1. The molecule has 0 bridgehead atoms. The smallest absolute Gasteiger partial charge is 0.173 e. The second kappa shape index (κ2) is 3.37. The first kappa shape index (κ1) is 9.13. The van der Waals surface area contributed by atoms with Crippen LogP contribution in [0.4, 0.5) is 8.78 Å². The fourth-order valence-electron chi connectivity index (χ4n) is 1.76. The summed E-state index contributed by atoms with van der Waals surface area (Å²) in [6.45, 7) is 1.87. The van der Waals surface area contributed by atoms with Crippen LogP contribution in [0.5, 0.6) is 0 Å². The second-order valence-electron chi connectivity index (χ2n) is 3.49. The zero-order chi connectivity index (χ0) is 10.1. The van der Waals surface area contributed by atoms with Crippen LogP contribution in [0.1, 0.15) is 24.5 Å². The van der Waals surface area contributed by atoms with Crippen molar-refractivity contribution < 1.29 is 8.78 Å². The summed E-state index contributed by atoms with van der Waals surface area (Å²) in [7, 11) is 0. The standard InChI is InChI=1S/C12H10F2/c1-8-6-9-4-2-3-5-10(9)11(7-8)12(13)14/h2-6H,7H2,1H3. The first-order chi connectivity index (χ1) is 6.68. The van der Waals surface area contributed by atoms with Crippen molar-refractivity contribution in [3.63, 3.8) is 0 Å². The summed E-state index contributed by atoms with van der Waals surface area (Å²) >= 11 is 0. The van der Waals surface area contributed by atoms with Gasteiger partial charge in [-0.1, -0.05) is 35.9 Å². The van der Waals surface area contributed by atoms with Crippen LogP contribution in [0.15, 0.2) is 35.9 Å². The van der Waals surface area contributed by atoms with E-state index in [2.05, 4.69) is 0 Å². The van der Waals surface area contributed by atoms with E-state index < -0.39 is 6.08 Å². The van der Waals surface area contributed by atoms with Gasteiger partial charge in [0.15, 0.2) is 0 Å². The Balaban J connectivity index is 2.65. The molecule has 1 aliphatic rings. The van der Waals surface area contributed by atoms with Crippen LogP contribution in [-0.4, -0.2) is 0 Å². The fraction of sp³-hybridized carbons (Fsp3) is 0.167. The first-order valence-electron chi connectivity index (χ1n) is 4.49. The molecule has 0 nitrogen and oxygen atoms in total. The van der Waals surface area contributed by atoms with Crippen LogP contribution in [0.25, 0.3) is 11.6 Å². The Hall–Kier alpha value is -1.44. The van der Waals surface area contributed by atoms with Crippen LogP contribution >= 0.6 is 0 Å². The summed E-state index contributed by atoms with van der Waals surface area (Å²) in [5.74, 6) is 0. The predicted molar refractivity (Wildman–Crippen MR) is 53.8 cm³/mol. The third kappa shape index (κ3) is 1.48. The number of hydrogen-bond acceptors (Lipinski definition) is 0. The maximum atomic E-state index is 12.6. The zero-order valence-corrected chi connectivity index (χ0v) is 7.85. The topological polar surface area (TPSA) is 0 Å². The van der Waals surface area contributed by atoms with Gasteiger partial charge in [0.2, 0.25) is 0 Å². The predicted octanol–water partition coefficient (Wildman–Crippen LogP) is 4.10. The van der Waals surface area contributed by atoms with E-state index in [9.17, 15) is 8.78 Å². The lowest BCUT2D eigenvalue weighted by Gasteiger charge is -2.16. The number of rotatable bonds is 0. The molecule has 2 rings (SSSR count). The van der Waals surface area contributed by atoms with Crippen LogP contribution in [0.3, 0.4) is 0 Å². The lowest BCUT2D eigenvalue weighted by atomic mass is 9.89. The molecule has 0 spiro atoms. The molecule has 0 amide bonds. The van der Waals surface area contributed by atoms with Gasteiger partial charge < -0.3 is 0 Å². The average molecular weight is 192 g/mol. The van der Waals surface area contributed by atoms with E-state index in [1.807, 2.05) is 25.1 Å². The molecule has 1 aromatic carbocycles. The van der Waals surface area contributed by atoms with Gasteiger partial charge in [-0.15, -0.1) is 0 Å². The van der Waals surface area contributed by atoms with E-state index >= 15 is 0 Å². The molecule has 0 aromatic heterocycles. The summed E-state index contributed by atoms with van der Waals surface area (Å²) in [4.78, 5) is 0. The van der Waals surface area contributed by atoms with Crippen molar-refractivity contribution >= 4 is 11.6 Å². The van der Waals surface area contributed by atoms with Gasteiger partial charge in [0, 0.05) is 5.57 Å². The van der Waals surface area contributed by atoms with Crippen molar-refractivity contribution in [2.45, 2.75) is 13.3 Å². The van der Waals surface area contributed by atoms with Crippen LogP contribution in [-0.2, 0) is 0 Å². The summed E-state index contributed by atoms with van der Waals surface area (Å²) in [5.41, 5.74) is 2.70. The fourth-order valence-corrected chi connectivity index (χ4v) is 1.76. The second-order valence-corrected chi connectivity index (χ2v) is 3.49. The minimum absolute atomic E-state index is 0.167. The molecule has 0 N–H and O–H groups in total. The Bertz CT molecular complexity index is 424. The molecule has 0 atom stereocenters. The van der Waals surface area contributed by atoms with Gasteiger partial charge in [-0.2, -0.15) is 8.78 Å². The van der Waals surface area contributed by atoms with Gasteiger partial charge >= 0.3 is 0 Å². The molecule has 14 heavy (non-hydrogen) atoms. The van der Waals surface area contributed by atoms with Crippen LogP contribution < -0.4 is 0 Å². The third-order valence-corrected chi connectivity index (χ3v) is 2.37. The summed E-state index contributed by atoms with van der Waals surface area (Å²) in [6.07, 6.45) is 0.756. The summed E-state index contributed by atoms with van der Waals surface area (Å²) in [5, 5.41) is 0. The van der Waals surface area contributed by atoms with Gasteiger partial charge in [-0.05, 0) is 24.5 Å². The number of halogens is 2. The minimum atomic E-state index is -1.56. The molecule has 0 aliphatic heterocycles. The maximum Gasteiger partial charge on any atom is 0.274 e. The van der Waals surface area contributed by atoms with Crippen molar-refractivity contribution in [3.05, 3.63) is 47.0 Å². The largest absolute Gasteiger partial charge is 0.274 e. The zero-order valence-electron chi connectivity index (χ0n) is 7.85. The lowest BCUT2D eigenvalue weighted by Crippen LogP contribution is -1.97. The van der Waals surface area contributed by atoms with E-state index in [1.165, 1.54) is 0 Å². The van der Waals surface area contributed by atoms with E-state index in [0.717, 1.165) is 11.1 Å². The van der Waals surface area contributed by atoms with Gasteiger partial charge in [-0.25, -0.2) is 0 Å². The molecule has 0 fully saturated rings. The third-order valence-electron chi connectivity index (χ3n) is 2.37. The van der Waals surface area contributed by atoms with E-state index in [0.29, 0.717) is 12.0 Å². The van der Waals surface area contributed by atoms with Gasteiger partial charge in [0.1, 0.15) is 0 Å².